The first kappa shape index (κ1) is 13.0. The second-order valence-electron chi connectivity index (χ2n) is 5.27. The maximum atomic E-state index is 12.3. The highest BCUT2D eigenvalue weighted by Crippen LogP contribution is 2.33. The van der Waals surface area contributed by atoms with E-state index in [0.717, 1.165) is 11.3 Å². The summed E-state index contributed by atoms with van der Waals surface area (Å²) in [6.45, 7) is 1.07. The third-order valence-electron chi connectivity index (χ3n) is 3.75. The van der Waals surface area contributed by atoms with Crippen molar-refractivity contribution in [3.8, 4) is 17.2 Å². The molecule has 2 aromatic rings. The Morgan fingerprint density at radius 3 is 2.68 bits per heavy atom. The third-order valence-corrected chi connectivity index (χ3v) is 3.75. The van der Waals surface area contributed by atoms with Gasteiger partial charge in [0.25, 0.3) is 5.91 Å². The number of fused-ring (bicyclic) bond motifs is 2. The largest absolute Gasteiger partial charge is 0.486 e. The second-order valence-corrected chi connectivity index (χ2v) is 5.27. The monoisotopic (exact) mass is 297 g/mol. The van der Waals surface area contributed by atoms with Gasteiger partial charge in [-0.15, -0.1) is 0 Å². The topological polar surface area (TPSA) is 56.8 Å². The summed E-state index contributed by atoms with van der Waals surface area (Å²) in [7, 11) is 0. The van der Waals surface area contributed by atoms with Gasteiger partial charge in [-0.2, -0.15) is 0 Å². The predicted octanol–water partition coefficient (Wildman–Crippen LogP) is 2.40. The molecule has 4 rings (SSSR count). The van der Waals surface area contributed by atoms with Crippen molar-refractivity contribution in [1.82, 2.24) is 0 Å². The van der Waals surface area contributed by atoms with Crippen molar-refractivity contribution in [3.05, 3.63) is 48.0 Å². The Kier molecular flexibility index (Phi) is 3.11. The molecule has 1 atom stereocenters. The summed E-state index contributed by atoms with van der Waals surface area (Å²) in [4.78, 5) is 12.3. The van der Waals surface area contributed by atoms with Crippen LogP contribution in [0.5, 0.6) is 17.2 Å². The lowest BCUT2D eigenvalue weighted by Gasteiger charge is -2.19. The molecule has 2 aliphatic heterocycles. The van der Waals surface area contributed by atoms with E-state index in [4.69, 9.17) is 14.2 Å². The van der Waals surface area contributed by atoms with E-state index in [1.165, 1.54) is 0 Å². The maximum absolute atomic E-state index is 12.3. The molecule has 0 unspecified atom stereocenters. The minimum atomic E-state index is -0.495. The fourth-order valence-corrected chi connectivity index (χ4v) is 2.67. The van der Waals surface area contributed by atoms with Crippen LogP contribution in [-0.4, -0.2) is 25.2 Å². The lowest BCUT2D eigenvalue weighted by Crippen LogP contribution is -2.31. The van der Waals surface area contributed by atoms with Crippen molar-refractivity contribution >= 4 is 11.6 Å². The minimum Gasteiger partial charge on any atom is -0.486 e. The van der Waals surface area contributed by atoms with Crippen LogP contribution >= 0.6 is 0 Å². The van der Waals surface area contributed by atoms with Gasteiger partial charge in [-0.25, -0.2) is 0 Å². The standard InChI is InChI=1S/C17H15NO4/c19-17(16-9-11-3-1-2-4-13(11)22-16)18-12-5-6-14-15(10-12)21-8-7-20-14/h1-6,10,16H,7-9H2,(H,18,19)/t16-/m0/s1. The number of carbonyl (C=O) groups excluding carboxylic acids is 1. The number of ether oxygens (including phenoxy) is 3. The average Bonchev–Trinajstić information content (AvgIpc) is 2.99. The number of para-hydroxylation sites is 1. The van der Waals surface area contributed by atoms with Crippen LogP contribution in [0.4, 0.5) is 5.69 Å². The van der Waals surface area contributed by atoms with E-state index < -0.39 is 6.10 Å². The summed E-state index contributed by atoms with van der Waals surface area (Å²) < 4.78 is 16.7. The highest BCUT2D eigenvalue weighted by molar-refractivity contribution is 5.95. The Balaban J connectivity index is 1.47. The Hall–Kier alpha value is -2.69. The third kappa shape index (κ3) is 2.35. The van der Waals surface area contributed by atoms with Crippen LogP contribution in [-0.2, 0) is 11.2 Å². The molecule has 0 saturated carbocycles. The molecular formula is C17H15NO4. The molecule has 2 aromatic carbocycles. The van der Waals surface area contributed by atoms with Crippen LogP contribution in [0.3, 0.4) is 0 Å². The van der Waals surface area contributed by atoms with Gasteiger partial charge in [0.2, 0.25) is 0 Å². The zero-order chi connectivity index (χ0) is 14.9. The van der Waals surface area contributed by atoms with Gasteiger partial charge >= 0.3 is 0 Å². The molecule has 5 nitrogen and oxygen atoms in total. The van der Waals surface area contributed by atoms with Crippen LogP contribution in [0, 0.1) is 0 Å². The van der Waals surface area contributed by atoms with Crippen LogP contribution in [0.15, 0.2) is 42.5 Å². The summed E-state index contributed by atoms with van der Waals surface area (Å²) in [5.74, 6) is 1.98. The van der Waals surface area contributed by atoms with Crippen molar-refractivity contribution in [2.75, 3.05) is 18.5 Å². The predicted molar refractivity (Wildman–Crippen MR) is 80.6 cm³/mol. The van der Waals surface area contributed by atoms with E-state index in [1.54, 1.807) is 18.2 Å². The molecule has 5 heteroatoms. The second kappa shape index (κ2) is 5.26. The number of hydrogen-bond acceptors (Lipinski definition) is 4. The Labute approximate surface area is 127 Å². The Bertz CT molecular complexity index is 703. The van der Waals surface area contributed by atoms with E-state index in [9.17, 15) is 4.79 Å². The van der Waals surface area contributed by atoms with Gasteiger partial charge in [0.15, 0.2) is 17.6 Å². The SMILES string of the molecule is O=C(Nc1ccc2c(c1)OCCO2)[C@@H]1Cc2ccccc2O1. The molecule has 2 heterocycles. The molecule has 0 radical (unpaired) electrons. The number of carbonyl (C=O) groups is 1. The van der Waals surface area contributed by atoms with Crippen molar-refractivity contribution in [3.63, 3.8) is 0 Å². The lowest BCUT2D eigenvalue weighted by atomic mass is 10.1. The van der Waals surface area contributed by atoms with E-state index in [1.807, 2.05) is 24.3 Å². The smallest absolute Gasteiger partial charge is 0.265 e. The molecule has 0 saturated heterocycles. The van der Waals surface area contributed by atoms with E-state index >= 15 is 0 Å². The quantitative estimate of drug-likeness (QED) is 0.925. The summed E-state index contributed by atoms with van der Waals surface area (Å²) in [6.07, 6.45) is 0.0950. The molecule has 1 amide bonds. The summed E-state index contributed by atoms with van der Waals surface area (Å²) in [5, 5.41) is 2.87. The Morgan fingerprint density at radius 1 is 1.00 bits per heavy atom. The summed E-state index contributed by atoms with van der Waals surface area (Å²) in [6, 6.07) is 13.1. The van der Waals surface area contributed by atoms with Gasteiger partial charge in [-0.05, 0) is 23.8 Å². The fourth-order valence-electron chi connectivity index (χ4n) is 2.67. The molecular weight excluding hydrogens is 282 g/mol. The van der Waals surface area contributed by atoms with Crippen LogP contribution in [0.25, 0.3) is 0 Å². The molecule has 2 aliphatic rings. The molecule has 112 valence electrons. The minimum absolute atomic E-state index is 0.159. The van der Waals surface area contributed by atoms with Crippen molar-refractivity contribution in [2.24, 2.45) is 0 Å². The van der Waals surface area contributed by atoms with Crippen molar-refractivity contribution < 1.29 is 19.0 Å². The van der Waals surface area contributed by atoms with Crippen LogP contribution < -0.4 is 19.5 Å². The number of nitrogens with one attached hydrogen (secondary N) is 1. The number of hydrogen-bond donors (Lipinski definition) is 1. The highest BCUT2D eigenvalue weighted by atomic mass is 16.6. The van der Waals surface area contributed by atoms with Gasteiger partial charge < -0.3 is 19.5 Å². The maximum Gasteiger partial charge on any atom is 0.265 e. The molecule has 0 aromatic heterocycles. The zero-order valence-corrected chi connectivity index (χ0v) is 11.9. The van der Waals surface area contributed by atoms with Gasteiger partial charge in [0, 0.05) is 18.2 Å². The number of rotatable bonds is 2. The van der Waals surface area contributed by atoms with Gasteiger partial charge in [-0.3, -0.25) is 4.79 Å². The molecule has 0 fully saturated rings. The molecule has 22 heavy (non-hydrogen) atoms. The molecule has 1 N–H and O–H groups in total. The number of amides is 1. The molecule has 0 bridgehead atoms. The fraction of sp³-hybridized carbons (Fsp3) is 0.235. The molecule has 0 spiro atoms. The summed E-state index contributed by atoms with van der Waals surface area (Å²) >= 11 is 0. The van der Waals surface area contributed by atoms with Gasteiger partial charge in [0.1, 0.15) is 19.0 Å². The van der Waals surface area contributed by atoms with E-state index in [-0.39, 0.29) is 5.91 Å². The number of anilines is 1. The zero-order valence-electron chi connectivity index (χ0n) is 11.9. The number of benzene rings is 2. The average molecular weight is 297 g/mol. The Morgan fingerprint density at radius 2 is 1.82 bits per heavy atom. The van der Waals surface area contributed by atoms with Crippen molar-refractivity contribution in [1.29, 1.82) is 0 Å². The normalized spacial score (nSPS) is 18.3. The van der Waals surface area contributed by atoms with Gasteiger partial charge in [-0.1, -0.05) is 18.2 Å². The summed E-state index contributed by atoms with van der Waals surface area (Å²) in [5.41, 5.74) is 1.73. The highest BCUT2D eigenvalue weighted by Gasteiger charge is 2.29. The van der Waals surface area contributed by atoms with E-state index in [2.05, 4.69) is 5.32 Å². The van der Waals surface area contributed by atoms with Gasteiger partial charge in [0.05, 0.1) is 0 Å². The van der Waals surface area contributed by atoms with Crippen LogP contribution in [0.1, 0.15) is 5.56 Å². The first-order chi connectivity index (χ1) is 10.8. The first-order valence-electron chi connectivity index (χ1n) is 7.25. The van der Waals surface area contributed by atoms with E-state index in [0.29, 0.717) is 36.8 Å². The molecule has 0 aliphatic carbocycles. The lowest BCUT2D eigenvalue weighted by molar-refractivity contribution is -0.122. The van der Waals surface area contributed by atoms with Crippen LogP contribution in [0.2, 0.25) is 0 Å². The first-order valence-corrected chi connectivity index (χ1v) is 7.25. The van der Waals surface area contributed by atoms with Crippen molar-refractivity contribution in [2.45, 2.75) is 12.5 Å².